The van der Waals surface area contributed by atoms with E-state index in [2.05, 4.69) is 0 Å². The highest BCUT2D eigenvalue weighted by Crippen LogP contribution is 2.48. The summed E-state index contributed by atoms with van der Waals surface area (Å²) in [6.45, 7) is 2.98. The summed E-state index contributed by atoms with van der Waals surface area (Å²) in [6, 6.07) is 0. The molecule has 2 aliphatic rings. The minimum Gasteiger partial charge on any atom is -0.481 e. The van der Waals surface area contributed by atoms with E-state index in [1.165, 1.54) is 0 Å². The number of rotatable bonds is 6. The van der Waals surface area contributed by atoms with Crippen molar-refractivity contribution in [3.05, 3.63) is 12.2 Å². The molecule has 0 aromatic rings. The lowest BCUT2D eigenvalue weighted by molar-refractivity contribution is -0.151. The number of carbonyl (C=O) groups excluding carboxylic acids is 1. The Morgan fingerprint density at radius 1 is 1.26 bits per heavy atom. The van der Waals surface area contributed by atoms with Crippen LogP contribution in [0.1, 0.15) is 19.8 Å². The number of aliphatic hydroxyl groups excluding tert-OH is 1. The highest BCUT2D eigenvalue weighted by Gasteiger charge is 2.52. The van der Waals surface area contributed by atoms with Crippen LogP contribution in [0.3, 0.4) is 0 Å². The summed E-state index contributed by atoms with van der Waals surface area (Å²) in [5, 5.41) is 18.2. The highest BCUT2D eigenvalue weighted by atomic mass is 16.4. The summed E-state index contributed by atoms with van der Waals surface area (Å²) >= 11 is 0. The van der Waals surface area contributed by atoms with E-state index in [9.17, 15) is 14.7 Å². The van der Waals surface area contributed by atoms with Gasteiger partial charge in [-0.15, -0.1) is 0 Å². The number of aliphatic hydroxyl groups is 1. The summed E-state index contributed by atoms with van der Waals surface area (Å²) in [4.78, 5) is 25.6. The highest BCUT2D eigenvalue weighted by molar-refractivity contribution is 5.86. The van der Waals surface area contributed by atoms with E-state index >= 15 is 0 Å². The Kier molecular flexibility index (Phi) is 4.24. The van der Waals surface area contributed by atoms with Crippen LogP contribution in [0.2, 0.25) is 0 Å². The average molecular weight is 267 g/mol. The molecule has 2 aliphatic carbocycles. The largest absolute Gasteiger partial charge is 0.481 e. The predicted molar refractivity (Wildman–Crippen MR) is 69.3 cm³/mol. The number of hydrogen-bond donors (Lipinski definition) is 2. The van der Waals surface area contributed by atoms with Gasteiger partial charge in [0.25, 0.3) is 0 Å². The number of nitrogens with zero attached hydrogens (tertiary/aromatic N) is 1. The van der Waals surface area contributed by atoms with Crippen molar-refractivity contribution in [3.8, 4) is 0 Å². The Labute approximate surface area is 112 Å². The van der Waals surface area contributed by atoms with Gasteiger partial charge in [-0.05, 0) is 31.6 Å². The second kappa shape index (κ2) is 5.74. The molecule has 0 aromatic carbocycles. The van der Waals surface area contributed by atoms with Crippen LogP contribution in [0.4, 0.5) is 0 Å². The van der Waals surface area contributed by atoms with E-state index in [1.54, 1.807) is 4.90 Å². The Morgan fingerprint density at radius 3 is 2.42 bits per heavy atom. The van der Waals surface area contributed by atoms with Crippen LogP contribution < -0.4 is 0 Å². The molecule has 0 spiro atoms. The quantitative estimate of drug-likeness (QED) is 0.696. The van der Waals surface area contributed by atoms with Gasteiger partial charge >= 0.3 is 5.97 Å². The molecule has 19 heavy (non-hydrogen) atoms. The van der Waals surface area contributed by atoms with Crippen LogP contribution in [0.25, 0.3) is 0 Å². The predicted octanol–water partition coefficient (Wildman–Crippen LogP) is 0.740. The monoisotopic (exact) mass is 267 g/mol. The molecule has 0 saturated heterocycles. The lowest BCUT2D eigenvalue weighted by Crippen LogP contribution is -2.43. The van der Waals surface area contributed by atoms with E-state index in [-0.39, 0.29) is 24.3 Å². The van der Waals surface area contributed by atoms with Crippen molar-refractivity contribution in [2.75, 3.05) is 19.7 Å². The summed E-state index contributed by atoms with van der Waals surface area (Å²) in [6.07, 6.45) is 5.25. The Bertz CT molecular complexity index is 393. The molecule has 1 fully saturated rings. The van der Waals surface area contributed by atoms with Gasteiger partial charge in [0, 0.05) is 19.7 Å². The molecule has 0 aromatic heterocycles. The second-order valence-electron chi connectivity index (χ2n) is 5.33. The van der Waals surface area contributed by atoms with Crippen LogP contribution in [0.15, 0.2) is 12.2 Å². The standard InChI is InChI=1S/C14H21NO4/c1-2-15(6-3-7-16)13(17)11-9-4-5-10(8-9)12(11)14(18)19/h4-5,9-12,16H,2-3,6-8H2,1H3,(H,18,19)/t9?,10?,11-,12+/m0/s1. The van der Waals surface area contributed by atoms with Gasteiger partial charge in [-0.1, -0.05) is 12.2 Å². The molecule has 5 nitrogen and oxygen atoms in total. The van der Waals surface area contributed by atoms with Gasteiger partial charge < -0.3 is 15.1 Å². The first-order chi connectivity index (χ1) is 9.10. The number of allylic oxidation sites excluding steroid dienone is 2. The SMILES string of the molecule is CCN(CCCO)C(=O)[C@H]1C2C=CC(C2)[C@H]1C(=O)O. The zero-order valence-electron chi connectivity index (χ0n) is 11.2. The molecule has 5 heteroatoms. The molecule has 2 bridgehead atoms. The van der Waals surface area contributed by atoms with Gasteiger partial charge in [-0.3, -0.25) is 9.59 Å². The molecule has 4 atom stereocenters. The third kappa shape index (κ3) is 2.52. The topological polar surface area (TPSA) is 77.8 Å². The van der Waals surface area contributed by atoms with Crippen molar-refractivity contribution in [2.45, 2.75) is 19.8 Å². The number of amides is 1. The normalized spacial score (nSPS) is 31.7. The third-order valence-electron chi connectivity index (χ3n) is 4.31. The van der Waals surface area contributed by atoms with Crippen LogP contribution in [0.5, 0.6) is 0 Å². The average Bonchev–Trinajstić information content (AvgIpc) is 2.99. The molecule has 0 heterocycles. The molecule has 2 rings (SSSR count). The van der Waals surface area contributed by atoms with Crippen molar-refractivity contribution in [1.82, 2.24) is 4.90 Å². The maximum atomic E-state index is 12.5. The zero-order chi connectivity index (χ0) is 14.0. The number of fused-ring (bicyclic) bond motifs is 2. The third-order valence-corrected chi connectivity index (χ3v) is 4.31. The van der Waals surface area contributed by atoms with E-state index in [1.807, 2.05) is 19.1 Å². The molecule has 1 saturated carbocycles. The molecular formula is C14H21NO4. The van der Waals surface area contributed by atoms with E-state index in [0.29, 0.717) is 19.5 Å². The Hall–Kier alpha value is -1.36. The number of hydrogen-bond acceptors (Lipinski definition) is 3. The van der Waals surface area contributed by atoms with Gasteiger partial charge in [-0.25, -0.2) is 0 Å². The van der Waals surface area contributed by atoms with E-state index in [4.69, 9.17) is 5.11 Å². The minimum absolute atomic E-state index is 0.00741. The minimum atomic E-state index is -0.867. The van der Waals surface area contributed by atoms with Gasteiger partial charge in [0.15, 0.2) is 0 Å². The molecule has 0 aliphatic heterocycles. The summed E-state index contributed by atoms with van der Waals surface area (Å²) in [7, 11) is 0. The smallest absolute Gasteiger partial charge is 0.307 e. The molecule has 106 valence electrons. The van der Waals surface area contributed by atoms with Crippen molar-refractivity contribution in [1.29, 1.82) is 0 Å². The first-order valence-corrected chi connectivity index (χ1v) is 6.91. The van der Waals surface area contributed by atoms with E-state index < -0.39 is 17.8 Å². The van der Waals surface area contributed by atoms with Crippen molar-refractivity contribution < 1.29 is 19.8 Å². The van der Waals surface area contributed by atoms with Crippen LogP contribution in [-0.4, -0.2) is 46.7 Å². The second-order valence-corrected chi connectivity index (χ2v) is 5.33. The van der Waals surface area contributed by atoms with Crippen molar-refractivity contribution >= 4 is 11.9 Å². The fourth-order valence-corrected chi connectivity index (χ4v) is 3.39. The van der Waals surface area contributed by atoms with Crippen LogP contribution >= 0.6 is 0 Å². The maximum absolute atomic E-state index is 12.5. The Balaban J connectivity index is 2.12. The number of aliphatic carboxylic acids is 1. The van der Waals surface area contributed by atoms with Crippen LogP contribution in [0, 0.1) is 23.7 Å². The van der Waals surface area contributed by atoms with Gasteiger partial charge in [0.1, 0.15) is 0 Å². The zero-order valence-corrected chi connectivity index (χ0v) is 11.2. The lowest BCUT2D eigenvalue weighted by atomic mass is 9.82. The Morgan fingerprint density at radius 2 is 1.89 bits per heavy atom. The van der Waals surface area contributed by atoms with Gasteiger partial charge in [0.2, 0.25) is 5.91 Å². The van der Waals surface area contributed by atoms with Crippen molar-refractivity contribution in [2.24, 2.45) is 23.7 Å². The van der Waals surface area contributed by atoms with Gasteiger partial charge in [-0.2, -0.15) is 0 Å². The molecular weight excluding hydrogens is 246 g/mol. The number of carboxylic acids is 1. The molecule has 0 radical (unpaired) electrons. The fraction of sp³-hybridized carbons (Fsp3) is 0.714. The summed E-state index contributed by atoms with van der Waals surface area (Å²) in [5.74, 6) is -1.86. The van der Waals surface area contributed by atoms with Crippen molar-refractivity contribution in [3.63, 3.8) is 0 Å². The molecule has 2 unspecified atom stereocenters. The first-order valence-electron chi connectivity index (χ1n) is 6.91. The maximum Gasteiger partial charge on any atom is 0.307 e. The number of carboxylic acid groups (broad SMARTS) is 1. The molecule has 2 N–H and O–H groups in total. The number of carbonyl (C=O) groups is 2. The fourth-order valence-electron chi connectivity index (χ4n) is 3.39. The summed E-state index contributed by atoms with van der Waals surface area (Å²) < 4.78 is 0. The van der Waals surface area contributed by atoms with Gasteiger partial charge in [0.05, 0.1) is 11.8 Å². The van der Waals surface area contributed by atoms with Crippen LogP contribution in [-0.2, 0) is 9.59 Å². The van der Waals surface area contributed by atoms with E-state index in [0.717, 1.165) is 6.42 Å². The summed E-state index contributed by atoms with van der Waals surface area (Å²) in [5.41, 5.74) is 0. The first kappa shape index (κ1) is 14.1. The molecule has 1 amide bonds. The lowest BCUT2D eigenvalue weighted by Gasteiger charge is -2.30.